The molecule has 0 heterocycles. The van der Waals surface area contributed by atoms with Gasteiger partial charge in [-0.05, 0) is 74.8 Å². The number of amides is 2. The normalized spacial score (nSPS) is 17.3. The summed E-state index contributed by atoms with van der Waals surface area (Å²) in [5.74, 6) is -0.0341. The summed E-state index contributed by atoms with van der Waals surface area (Å²) in [7, 11) is 1.59. The maximum atomic E-state index is 15.5. The van der Waals surface area contributed by atoms with Crippen LogP contribution in [0, 0.1) is 11.2 Å². The molecule has 1 aliphatic carbocycles. The molecule has 1 atom stereocenters. The predicted octanol–water partition coefficient (Wildman–Crippen LogP) is 7.53. The van der Waals surface area contributed by atoms with Gasteiger partial charge >= 0.3 is 6.03 Å². The second kappa shape index (κ2) is 13.4. The Morgan fingerprint density at radius 2 is 1.84 bits per heavy atom. The standard InChI is InChI=1S/C30H41FN4O3/c1-7-20(3)28(27-25(31)17-24(38-16-15-37-6)18-26(27)32-8-2)33-21-9-11-22(12-10-21)34-29(36)35-23-13-14-30(4,5)19-23/h8-12,17-18,23,33H,7,13-16,19H2,1-6H3,(H2,34,35,36). The highest BCUT2D eigenvalue weighted by Crippen LogP contribution is 2.37. The number of methoxy groups -OCH3 is 1. The highest BCUT2D eigenvalue weighted by molar-refractivity contribution is 5.90. The molecule has 0 aromatic heterocycles. The predicted molar refractivity (Wildman–Crippen MR) is 154 cm³/mol. The summed E-state index contributed by atoms with van der Waals surface area (Å²) in [6.45, 7) is 11.0. The van der Waals surface area contributed by atoms with E-state index in [9.17, 15) is 4.79 Å². The average molecular weight is 525 g/mol. The van der Waals surface area contributed by atoms with Crippen molar-refractivity contribution < 1.29 is 18.7 Å². The Labute approximate surface area is 225 Å². The number of allylic oxidation sites excluding steroid dienone is 1. The quantitative estimate of drug-likeness (QED) is 0.210. The second-order valence-electron chi connectivity index (χ2n) is 10.4. The smallest absolute Gasteiger partial charge is 0.319 e. The number of hydrogen-bond donors (Lipinski definition) is 3. The minimum atomic E-state index is -0.430. The number of carbonyl (C=O) groups is 1. The molecule has 1 saturated carbocycles. The van der Waals surface area contributed by atoms with Crippen molar-refractivity contribution in [3.8, 4) is 5.75 Å². The largest absolute Gasteiger partial charge is 0.491 e. The molecule has 2 aromatic rings. The Bertz CT molecular complexity index is 1160. The van der Waals surface area contributed by atoms with E-state index in [1.54, 1.807) is 26.3 Å². The zero-order chi connectivity index (χ0) is 27.7. The maximum Gasteiger partial charge on any atom is 0.319 e. The molecule has 2 aromatic carbocycles. The Kier molecular flexibility index (Phi) is 10.3. The highest BCUT2D eigenvalue weighted by Gasteiger charge is 2.31. The van der Waals surface area contributed by atoms with E-state index in [-0.39, 0.29) is 17.5 Å². The van der Waals surface area contributed by atoms with Crippen LogP contribution >= 0.6 is 0 Å². The number of benzene rings is 2. The van der Waals surface area contributed by atoms with Crippen molar-refractivity contribution in [1.29, 1.82) is 0 Å². The van der Waals surface area contributed by atoms with Crippen LogP contribution in [0.4, 0.5) is 26.2 Å². The van der Waals surface area contributed by atoms with Gasteiger partial charge in [-0.3, -0.25) is 4.99 Å². The lowest BCUT2D eigenvalue weighted by molar-refractivity contribution is 0.146. The molecule has 0 radical (unpaired) electrons. The first-order valence-corrected chi connectivity index (χ1v) is 13.2. The van der Waals surface area contributed by atoms with Crippen LogP contribution in [0.2, 0.25) is 0 Å². The molecule has 0 bridgehead atoms. The van der Waals surface area contributed by atoms with Crippen molar-refractivity contribution in [3.05, 3.63) is 53.4 Å². The minimum Gasteiger partial charge on any atom is -0.491 e. The molecular weight excluding hydrogens is 483 g/mol. The van der Waals surface area contributed by atoms with Crippen molar-refractivity contribution >= 4 is 35.0 Å². The Balaban J connectivity index is 1.77. The van der Waals surface area contributed by atoms with Crippen molar-refractivity contribution in [3.63, 3.8) is 0 Å². The third-order valence-electron chi connectivity index (χ3n) is 6.79. The number of urea groups is 1. The third kappa shape index (κ3) is 8.05. The number of nitrogens with zero attached hydrogens (tertiary/aromatic N) is 1. The first-order valence-electron chi connectivity index (χ1n) is 13.2. The van der Waals surface area contributed by atoms with Crippen LogP contribution in [0.1, 0.15) is 65.9 Å². The van der Waals surface area contributed by atoms with E-state index in [1.165, 1.54) is 6.07 Å². The van der Waals surface area contributed by atoms with Crippen LogP contribution in [0.3, 0.4) is 0 Å². The van der Waals surface area contributed by atoms with Crippen LogP contribution in [-0.2, 0) is 4.74 Å². The number of ether oxygens (including phenoxy) is 2. The van der Waals surface area contributed by atoms with Crippen LogP contribution in [0.5, 0.6) is 5.75 Å². The van der Waals surface area contributed by atoms with Crippen LogP contribution in [0.15, 0.2) is 47.0 Å². The fourth-order valence-electron chi connectivity index (χ4n) is 4.64. The fraction of sp³-hybridized carbons (Fsp3) is 0.467. The molecule has 0 saturated heterocycles. The van der Waals surface area contributed by atoms with Gasteiger partial charge in [0.05, 0.1) is 17.9 Å². The molecule has 38 heavy (non-hydrogen) atoms. The number of hydrogen-bond acceptors (Lipinski definition) is 5. The van der Waals surface area contributed by atoms with Crippen LogP contribution in [-0.4, -0.2) is 38.6 Å². The van der Waals surface area contributed by atoms with Gasteiger partial charge in [-0.25, -0.2) is 9.18 Å². The Morgan fingerprint density at radius 1 is 1.16 bits per heavy atom. The van der Waals surface area contributed by atoms with Gasteiger partial charge in [0, 0.05) is 48.6 Å². The van der Waals surface area contributed by atoms with E-state index in [0.717, 1.165) is 36.9 Å². The fourth-order valence-corrected chi connectivity index (χ4v) is 4.64. The van der Waals surface area contributed by atoms with E-state index >= 15 is 4.39 Å². The lowest BCUT2D eigenvalue weighted by Crippen LogP contribution is -2.36. The molecule has 3 rings (SSSR count). The van der Waals surface area contributed by atoms with E-state index < -0.39 is 5.82 Å². The van der Waals surface area contributed by atoms with Gasteiger partial charge in [-0.15, -0.1) is 0 Å². The summed E-state index contributed by atoms with van der Waals surface area (Å²) >= 11 is 0. The second-order valence-corrected chi connectivity index (χ2v) is 10.4. The third-order valence-corrected chi connectivity index (χ3v) is 6.79. The minimum absolute atomic E-state index is 0.197. The summed E-state index contributed by atoms with van der Waals surface area (Å²) in [4.78, 5) is 16.9. The van der Waals surface area contributed by atoms with E-state index in [1.807, 2.05) is 38.1 Å². The molecule has 206 valence electrons. The number of rotatable bonds is 11. The molecule has 8 heteroatoms. The monoisotopic (exact) mass is 524 g/mol. The lowest BCUT2D eigenvalue weighted by Gasteiger charge is -2.19. The Morgan fingerprint density at radius 3 is 2.42 bits per heavy atom. The molecule has 0 spiro atoms. The first kappa shape index (κ1) is 29.2. The van der Waals surface area contributed by atoms with Gasteiger partial charge in [0.15, 0.2) is 0 Å². The molecule has 3 N–H and O–H groups in total. The molecule has 1 aliphatic rings. The molecule has 0 aliphatic heterocycles. The van der Waals surface area contributed by atoms with Gasteiger partial charge in [-0.1, -0.05) is 20.8 Å². The highest BCUT2D eigenvalue weighted by atomic mass is 19.1. The summed E-state index contributed by atoms with van der Waals surface area (Å²) in [5.41, 5.74) is 4.20. The Hall–Kier alpha value is -3.39. The number of carbonyl (C=O) groups excluding carboxylic acids is 1. The van der Waals surface area contributed by atoms with Gasteiger partial charge in [0.25, 0.3) is 0 Å². The van der Waals surface area contributed by atoms with E-state index in [2.05, 4.69) is 34.8 Å². The maximum absolute atomic E-state index is 15.5. The van der Waals surface area contributed by atoms with Crippen LogP contribution < -0.4 is 20.7 Å². The molecule has 1 fully saturated rings. The van der Waals surface area contributed by atoms with Crippen molar-refractivity contribution in [2.24, 2.45) is 10.4 Å². The molecule has 1 unspecified atom stereocenters. The topological polar surface area (TPSA) is 84.0 Å². The lowest BCUT2D eigenvalue weighted by atomic mass is 9.92. The number of nitrogens with one attached hydrogen (secondary N) is 3. The SMILES string of the molecule is CC=Nc1cc(OCCOC)cc(F)c1C(Nc1ccc(NC(=O)NC2CCC(C)(C)C2)cc1)=C(C)CC. The summed E-state index contributed by atoms with van der Waals surface area (Å²) in [6.07, 6.45) is 5.45. The summed E-state index contributed by atoms with van der Waals surface area (Å²) in [6, 6.07) is 10.5. The van der Waals surface area contributed by atoms with Gasteiger partial charge in [0.2, 0.25) is 0 Å². The average Bonchev–Trinajstić information content (AvgIpc) is 3.21. The zero-order valence-electron chi connectivity index (χ0n) is 23.4. The molecular formula is C30H41FN4O3. The molecule has 2 amide bonds. The number of aliphatic imine (C=N–C) groups is 1. The number of halogens is 1. The number of anilines is 2. The van der Waals surface area contributed by atoms with Crippen molar-refractivity contribution in [1.82, 2.24) is 5.32 Å². The zero-order valence-corrected chi connectivity index (χ0v) is 23.4. The van der Waals surface area contributed by atoms with Crippen molar-refractivity contribution in [2.75, 3.05) is 31.0 Å². The van der Waals surface area contributed by atoms with Gasteiger partial charge in [0.1, 0.15) is 18.2 Å². The summed E-state index contributed by atoms with van der Waals surface area (Å²) < 4.78 is 26.2. The first-order chi connectivity index (χ1) is 18.2. The van der Waals surface area contributed by atoms with Crippen LogP contribution in [0.25, 0.3) is 5.70 Å². The molecule has 7 nitrogen and oxygen atoms in total. The van der Waals surface area contributed by atoms with Gasteiger partial charge < -0.3 is 25.4 Å². The summed E-state index contributed by atoms with van der Waals surface area (Å²) in [5, 5.41) is 9.37. The van der Waals surface area contributed by atoms with E-state index in [4.69, 9.17) is 9.47 Å². The van der Waals surface area contributed by atoms with Crippen molar-refractivity contribution in [2.45, 2.75) is 66.3 Å². The van der Waals surface area contributed by atoms with Gasteiger partial charge in [-0.2, -0.15) is 0 Å². The van der Waals surface area contributed by atoms with E-state index in [0.29, 0.717) is 41.6 Å².